The predicted molar refractivity (Wildman–Crippen MR) is 61.5 cm³/mol. The molecule has 0 saturated carbocycles. The van der Waals surface area contributed by atoms with E-state index in [9.17, 15) is 18.0 Å². The first-order valence-corrected chi connectivity index (χ1v) is 5.51. The Kier molecular flexibility index (Phi) is 4.59. The highest BCUT2D eigenvalue weighted by Gasteiger charge is 2.34. The summed E-state index contributed by atoms with van der Waals surface area (Å²) in [7, 11) is 1.15. The maximum atomic E-state index is 12.1. The topological polar surface area (TPSA) is 68.7 Å². The molecule has 0 amide bonds. The van der Waals surface area contributed by atoms with E-state index >= 15 is 0 Å². The van der Waals surface area contributed by atoms with Crippen LogP contribution >= 0.6 is 22.6 Å². The van der Waals surface area contributed by atoms with Gasteiger partial charge >= 0.3 is 12.3 Å². The third kappa shape index (κ3) is 4.20. The van der Waals surface area contributed by atoms with Crippen molar-refractivity contribution in [3.05, 3.63) is 15.5 Å². The lowest BCUT2D eigenvalue weighted by atomic mass is 10.2. The normalized spacial score (nSPS) is 11.2. The van der Waals surface area contributed by atoms with Gasteiger partial charge in [0.05, 0.1) is 19.2 Å². The zero-order chi connectivity index (χ0) is 13.9. The molecule has 1 N–H and O–H groups in total. The molecule has 1 aromatic rings. The number of hydrogen-bond acceptors (Lipinski definition) is 4. The van der Waals surface area contributed by atoms with Gasteiger partial charge in [-0.05, 0) is 22.6 Å². The van der Waals surface area contributed by atoms with E-state index in [1.54, 1.807) is 0 Å². The van der Waals surface area contributed by atoms with Gasteiger partial charge in [0.1, 0.15) is 3.70 Å². The number of aromatic nitrogens is 1. The van der Waals surface area contributed by atoms with Crippen molar-refractivity contribution in [1.82, 2.24) is 4.98 Å². The molecule has 1 rings (SSSR count). The van der Waals surface area contributed by atoms with E-state index in [1.165, 1.54) is 22.6 Å². The molecule has 1 heterocycles. The van der Waals surface area contributed by atoms with E-state index in [0.29, 0.717) is 0 Å². The second kappa shape index (κ2) is 5.59. The minimum atomic E-state index is -4.87. The molecule has 100 valence electrons. The summed E-state index contributed by atoms with van der Waals surface area (Å²) in [6.07, 6.45) is -5.29. The summed E-state index contributed by atoms with van der Waals surface area (Å²) >= 11 is 1.51. The number of methoxy groups -OCH3 is 1. The highest BCUT2D eigenvalue weighted by Crippen LogP contribution is 2.35. The van der Waals surface area contributed by atoms with Gasteiger partial charge in [0.25, 0.3) is 0 Å². The van der Waals surface area contributed by atoms with Gasteiger partial charge in [-0.25, -0.2) is 4.98 Å². The largest absolute Gasteiger partial charge is 0.573 e. The lowest BCUT2D eigenvalue weighted by molar-refractivity contribution is -0.275. The van der Waals surface area contributed by atoms with Crippen LogP contribution in [-0.4, -0.2) is 29.5 Å². The fraction of sp³-hybridized carbons (Fsp3) is 0.333. The predicted octanol–water partition coefficient (Wildman–Crippen LogP) is 2.22. The molecule has 0 radical (unpaired) electrons. The van der Waals surface area contributed by atoms with E-state index in [-0.39, 0.29) is 15.1 Å². The summed E-state index contributed by atoms with van der Waals surface area (Å²) in [6.45, 7) is 0. The van der Waals surface area contributed by atoms with Gasteiger partial charge < -0.3 is 14.6 Å². The zero-order valence-electron chi connectivity index (χ0n) is 8.92. The van der Waals surface area contributed by atoms with Crippen LogP contribution in [0.2, 0.25) is 0 Å². The van der Waals surface area contributed by atoms with Crippen molar-refractivity contribution in [2.24, 2.45) is 0 Å². The van der Waals surface area contributed by atoms with Gasteiger partial charge in [-0.3, -0.25) is 4.79 Å². The second-order valence-electron chi connectivity index (χ2n) is 3.05. The number of halogens is 4. The Morgan fingerprint density at radius 3 is 2.61 bits per heavy atom. The number of carboxylic acids is 1. The van der Waals surface area contributed by atoms with E-state index < -0.39 is 24.5 Å². The van der Waals surface area contributed by atoms with Gasteiger partial charge in [0.15, 0.2) is 5.75 Å². The molecule has 0 aliphatic carbocycles. The lowest BCUT2D eigenvalue weighted by Gasteiger charge is -2.14. The Balaban J connectivity index is 3.15. The molecular weight excluding hydrogens is 370 g/mol. The van der Waals surface area contributed by atoms with Gasteiger partial charge in [0.2, 0.25) is 5.75 Å². The van der Waals surface area contributed by atoms with Crippen LogP contribution in [0.1, 0.15) is 5.69 Å². The van der Waals surface area contributed by atoms with Crippen molar-refractivity contribution >= 4 is 28.6 Å². The molecule has 1 aromatic heterocycles. The van der Waals surface area contributed by atoms with Crippen LogP contribution in [0.3, 0.4) is 0 Å². The van der Waals surface area contributed by atoms with Gasteiger partial charge in [-0.2, -0.15) is 0 Å². The summed E-state index contributed by atoms with van der Waals surface area (Å²) < 4.78 is 44.8. The molecule has 0 atom stereocenters. The molecule has 0 aliphatic heterocycles. The first-order valence-electron chi connectivity index (χ1n) is 4.44. The second-order valence-corrected chi connectivity index (χ2v) is 4.08. The van der Waals surface area contributed by atoms with E-state index in [2.05, 4.69) is 9.72 Å². The van der Waals surface area contributed by atoms with Crippen LogP contribution < -0.4 is 9.47 Å². The Hall–Kier alpha value is -1.26. The minimum absolute atomic E-state index is 0.0817. The van der Waals surface area contributed by atoms with Crippen LogP contribution in [0.4, 0.5) is 13.2 Å². The van der Waals surface area contributed by atoms with Gasteiger partial charge in [-0.1, -0.05) is 0 Å². The van der Waals surface area contributed by atoms with Crippen LogP contribution in [0.25, 0.3) is 0 Å². The first-order chi connectivity index (χ1) is 8.23. The molecule has 5 nitrogen and oxygen atoms in total. The standard InChI is InChI=1S/C9H7F3INO4/c1-17-5-2-4(3-6(15)16)14-8(13)7(5)18-9(10,11)12/h2H,3H2,1H3,(H,15,16). The third-order valence-corrected chi connectivity index (χ3v) is 2.45. The smallest absolute Gasteiger partial charge is 0.493 e. The van der Waals surface area contributed by atoms with Crippen molar-refractivity contribution in [2.45, 2.75) is 12.8 Å². The molecule has 0 aromatic carbocycles. The number of rotatable bonds is 4. The first kappa shape index (κ1) is 14.8. The number of alkyl halides is 3. The van der Waals surface area contributed by atoms with Crippen molar-refractivity contribution in [3.8, 4) is 11.5 Å². The number of nitrogens with zero attached hydrogens (tertiary/aromatic N) is 1. The van der Waals surface area contributed by atoms with Gasteiger partial charge in [0, 0.05) is 6.07 Å². The van der Waals surface area contributed by atoms with Crippen molar-refractivity contribution < 1.29 is 32.5 Å². The monoisotopic (exact) mass is 377 g/mol. The van der Waals surface area contributed by atoms with E-state index in [1.807, 2.05) is 0 Å². The molecule has 18 heavy (non-hydrogen) atoms. The van der Waals surface area contributed by atoms with Crippen molar-refractivity contribution in [3.63, 3.8) is 0 Å². The quantitative estimate of drug-likeness (QED) is 0.644. The van der Waals surface area contributed by atoms with E-state index in [0.717, 1.165) is 13.2 Å². The molecule has 0 saturated heterocycles. The number of ether oxygens (including phenoxy) is 2. The number of aliphatic carboxylic acids is 1. The Morgan fingerprint density at radius 2 is 2.17 bits per heavy atom. The Morgan fingerprint density at radius 1 is 1.56 bits per heavy atom. The lowest BCUT2D eigenvalue weighted by Crippen LogP contribution is -2.19. The fourth-order valence-corrected chi connectivity index (χ4v) is 1.82. The number of pyridine rings is 1. The summed E-state index contributed by atoms with van der Waals surface area (Å²) in [5.41, 5.74) is 0.0817. The van der Waals surface area contributed by atoms with Crippen molar-refractivity contribution in [1.29, 1.82) is 0 Å². The highest BCUT2D eigenvalue weighted by molar-refractivity contribution is 14.1. The summed E-state index contributed by atoms with van der Waals surface area (Å²) in [5.74, 6) is -1.95. The summed E-state index contributed by atoms with van der Waals surface area (Å²) in [6, 6.07) is 1.09. The number of carboxylic acid groups (broad SMARTS) is 1. The zero-order valence-corrected chi connectivity index (χ0v) is 11.1. The van der Waals surface area contributed by atoms with Gasteiger partial charge in [-0.15, -0.1) is 13.2 Å². The van der Waals surface area contributed by atoms with E-state index in [4.69, 9.17) is 9.84 Å². The Bertz CT molecular complexity index is 464. The van der Waals surface area contributed by atoms with Crippen LogP contribution in [-0.2, 0) is 11.2 Å². The molecule has 0 spiro atoms. The SMILES string of the molecule is COc1cc(CC(=O)O)nc(I)c1OC(F)(F)F. The fourth-order valence-electron chi connectivity index (χ4n) is 1.13. The summed E-state index contributed by atoms with van der Waals surface area (Å²) in [5, 5.41) is 8.58. The van der Waals surface area contributed by atoms with Crippen LogP contribution in [0, 0.1) is 3.70 Å². The van der Waals surface area contributed by atoms with Crippen LogP contribution in [0.15, 0.2) is 6.07 Å². The minimum Gasteiger partial charge on any atom is -0.493 e. The van der Waals surface area contributed by atoms with Crippen LogP contribution in [0.5, 0.6) is 11.5 Å². The molecule has 0 fully saturated rings. The Labute approximate surface area is 113 Å². The number of hydrogen-bond donors (Lipinski definition) is 1. The molecule has 9 heteroatoms. The maximum absolute atomic E-state index is 12.1. The molecule has 0 aliphatic rings. The average molecular weight is 377 g/mol. The molecular formula is C9H7F3INO4. The summed E-state index contributed by atoms with van der Waals surface area (Å²) in [4.78, 5) is 14.2. The van der Waals surface area contributed by atoms with Crippen molar-refractivity contribution in [2.75, 3.05) is 7.11 Å². The highest BCUT2D eigenvalue weighted by atomic mass is 127. The molecule has 0 unspecified atom stereocenters. The number of carbonyl (C=O) groups is 1. The maximum Gasteiger partial charge on any atom is 0.573 e. The average Bonchev–Trinajstić information content (AvgIpc) is 2.19. The molecule has 0 bridgehead atoms. The third-order valence-electron chi connectivity index (χ3n) is 1.72.